The molecule has 1 fully saturated rings. The number of carbonyl (C=O) groups excluding carboxylic acids is 2. The number of nitrogens with zero attached hydrogens (tertiary/aromatic N) is 1. The third-order valence-electron chi connectivity index (χ3n) is 5.42. The van der Waals surface area contributed by atoms with Crippen molar-refractivity contribution in [1.82, 2.24) is 4.90 Å². The Morgan fingerprint density at radius 2 is 2.04 bits per heavy atom. The quantitative estimate of drug-likeness (QED) is 0.780. The topological polar surface area (TPSA) is 58.6 Å². The summed E-state index contributed by atoms with van der Waals surface area (Å²) in [5.74, 6) is 0.413. The van der Waals surface area contributed by atoms with Gasteiger partial charge in [-0.05, 0) is 55.9 Å². The highest BCUT2D eigenvalue weighted by molar-refractivity contribution is 7.98. The van der Waals surface area contributed by atoms with E-state index in [4.69, 9.17) is 4.74 Å². The van der Waals surface area contributed by atoms with Gasteiger partial charge in [0.05, 0.1) is 17.7 Å². The van der Waals surface area contributed by atoms with Crippen LogP contribution in [0.25, 0.3) is 0 Å². The highest BCUT2D eigenvalue weighted by Gasteiger charge is 2.31. The molecule has 0 saturated carbocycles. The predicted molar refractivity (Wildman–Crippen MR) is 111 cm³/mol. The summed E-state index contributed by atoms with van der Waals surface area (Å²) in [6, 6.07) is 13.1. The van der Waals surface area contributed by atoms with Gasteiger partial charge in [-0.15, -0.1) is 11.8 Å². The van der Waals surface area contributed by atoms with Gasteiger partial charge in [0.25, 0.3) is 11.8 Å². The van der Waals surface area contributed by atoms with Crippen molar-refractivity contribution >= 4 is 29.3 Å². The Hall–Kier alpha value is -2.47. The summed E-state index contributed by atoms with van der Waals surface area (Å²) in [6.07, 6.45) is 6.05. The molecule has 146 valence electrons. The number of thioether (sulfide) groups is 1. The maximum absolute atomic E-state index is 13.2. The normalized spacial score (nSPS) is 19.0. The fourth-order valence-electron chi connectivity index (χ4n) is 3.96. The van der Waals surface area contributed by atoms with Gasteiger partial charge in [-0.25, -0.2) is 0 Å². The molecule has 0 aromatic heterocycles. The zero-order valence-electron chi connectivity index (χ0n) is 15.9. The van der Waals surface area contributed by atoms with E-state index in [0.717, 1.165) is 37.1 Å². The number of piperidine rings is 1. The average molecular weight is 397 g/mol. The molecule has 1 atom stereocenters. The lowest BCUT2D eigenvalue weighted by molar-refractivity contribution is 0.0548. The van der Waals surface area contributed by atoms with Crippen LogP contribution in [0.1, 0.15) is 46.4 Å². The van der Waals surface area contributed by atoms with E-state index in [9.17, 15) is 9.59 Å². The van der Waals surface area contributed by atoms with Gasteiger partial charge < -0.3 is 15.0 Å². The second-order valence-electron chi connectivity index (χ2n) is 7.15. The lowest BCUT2D eigenvalue weighted by Crippen LogP contribution is -2.45. The van der Waals surface area contributed by atoms with Gasteiger partial charge in [0, 0.05) is 29.6 Å². The van der Waals surface area contributed by atoms with Gasteiger partial charge in [-0.1, -0.05) is 12.1 Å². The molecule has 2 aliphatic rings. The van der Waals surface area contributed by atoms with Crippen LogP contribution in [0.3, 0.4) is 0 Å². The Bertz CT molecular complexity index is 899. The molecular formula is C22H24N2O3S. The van der Waals surface area contributed by atoms with E-state index in [1.54, 1.807) is 24.3 Å². The summed E-state index contributed by atoms with van der Waals surface area (Å²) >= 11 is 1.53. The van der Waals surface area contributed by atoms with Crippen LogP contribution in [0.5, 0.6) is 5.75 Å². The first-order valence-electron chi connectivity index (χ1n) is 9.69. The molecule has 2 aromatic rings. The molecule has 0 bridgehead atoms. The molecule has 4 rings (SSSR count). The highest BCUT2D eigenvalue weighted by Crippen LogP contribution is 2.31. The fraction of sp³-hybridized carbons (Fsp3) is 0.364. The van der Waals surface area contributed by atoms with Gasteiger partial charge in [-0.2, -0.15) is 0 Å². The maximum Gasteiger partial charge on any atom is 0.257 e. The minimum Gasteiger partial charge on any atom is -0.493 e. The number of fused-ring (bicyclic) bond motifs is 2. The minimum atomic E-state index is -0.181. The second-order valence-corrected chi connectivity index (χ2v) is 8.00. The van der Waals surface area contributed by atoms with Crippen molar-refractivity contribution in [2.24, 2.45) is 0 Å². The Labute approximate surface area is 169 Å². The monoisotopic (exact) mass is 396 g/mol. The van der Waals surface area contributed by atoms with Crippen LogP contribution in [0.2, 0.25) is 0 Å². The molecule has 28 heavy (non-hydrogen) atoms. The average Bonchev–Trinajstić information content (AvgIpc) is 2.73. The molecule has 0 spiro atoms. The van der Waals surface area contributed by atoms with Gasteiger partial charge in [0.15, 0.2) is 0 Å². The van der Waals surface area contributed by atoms with Crippen molar-refractivity contribution in [3.63, 3.8) is 0 Å². The van der Waals surface area contributed by atoms with Gasteiger partial charge in [-0.3, -0.25) is 9.59 Å². The number of hydrogen-bond acceptors (Lipinski definition) is 4. The van der Waals surface area contributed by atoms with Crippen LogP contribution < -0.4 is 10.1 Å². The summed E-state index contributed by atoms with van der Waals surface area (Å²) < 4.78 is 5.87. The van der Waals surface area contributed by atoms with Crippen LogP contribution >= 0.6 is 11.8 Å². The second kappa shape index (κ2) is 8.27. The van der Waals surface area contributed by atoms with Gasteiger partial charge >= 0.3 is 0 Å². The molecule has 2 aromatic carbocycles. The summed E-state index contributed by atoms with van der Waals surface area (Å²) in [7, 11) is 0. The zero-order chi connectivity index (χ0) is 19.5. The summed E-state index contributed by atoms with van der Waals surface area (Å²) in [5, 5.41) is 2.93. The maximum atomic E-state index is 13.2. The van der Waals surface area contributed by atoms with E-state index in [0.29, 0.717) is 29.2 Å². The number of benzene rings is 2. The number of nitrogens with one attached hydrogen (secondary N) is 1. The predicted octanol–water partition coefficient (Wildman–Crippen LogP) is 4.44. The van der Waals surface area contributed by atoms with E-state index in [1.165, 1.54) is 11.8 Å². The third kappa shape index (κ3) is 3.74. The first-order chi connectivity index (χ1) is 13.7. The molecule has 2 amide bonds. The van der Waals surface area contributed by atoms with Crippen LogP contribution in [0.15, 0.2) is 47.4 Å². The van der Waals surface area contributed by atoms with Crippen molar-refractivity contribution in [2.45, 2.75) is 36.6 Å². The number of carbonyl (C=O) groups is 2. The number of ether oxygens (including phenoxy) is 1. The molecule has 6 heteroatoms. The molecule has 1 saturated heterocycles. The van der Waals surface area contributed by atoms with Crippen LogP contribution in [0.4, 0.5) is 5.69 Å². The summed E-state index contributed by atoms with van der Waals surface area (Å²) in [6.45, 7) is 1.40. The van der Waals surface area contributed by atoms with E-state index in [-0.39, 0.29) is 17.9 Å². The van der Waals surface area contributed by atoms with Crippen molar-refractivity contribution in [2.75, 3.05) is 24.7 Å². The molecule has 2 heterocycles. The number of rotatable bonds is 3. The number of amides is 2. The third-order valence-corrected chi connectivity index (χ3v) is 6.21. The smallest absolute Gasteiger partial charge is 0.257 e. The fourth-order valence-corrected chi connectivity index (χ4v) is 4.55. The van der Waals surface area contributed by atoms with E-state index in [1.807, 2.05) is 29.4 Å². The molecule has 0 radical (unpaired) electrons. The molecule has 1 N–H and O–H groups in total. The van der Waals surface area contributed by atoms with Crippen molar-refractivity contribution in [3.05, 3.63) is 53.6 Å². The van der Waals surface area contributed by atoms with E-state index in [2.05, 4.69) is 5.32 Å². The van der Waals surface area contributed by atoms with Crippen LogP contribution in [-0.2, 0) is 0 Å². The lowest BCUT2D eigenvalue weighted by Gasteiger charge is -2.37. The summed E-state index contributed by atoms with van der Waals surface area (Å²) in [4.78, 5) is 28.8. The largest absolute Gasteiger partial charge is 0.493 e. The first kappa shape index (κ1) is 18.9. The Kier molecular flexibility index (Phi) is 5.57. The van der Waals surface area contributed by atoms with Gasteiger partial charge in [0.1, 0.15) is 5.75 Å². The highest BCUT2D eigenvalue weighted by atomic mass is 32.2. The van der Waals surface area contributed by atoms with E-state index < -0.39 is 0 Å². The van der Waals surface area contributed by atoms with Crippen LogP contribution in [-0.4, -0.2) is 42.2 Å². The Balaban J connectivity index is 1.61. The molecular weight excluding hydrogens is 372 g/mol. The number of hydrogen-bond donors (Lipinski definition) is 1. The van der Waals surface area contributed by atoms with Crippen LogP contribution in [0, 0.1) is 0 Å². The number of anilines is 1. The Morgan fingerprint density at radius 3 is 2.89 bits per heavy atom. The molecule has 0 unspecified atom stereocenters. The van der Waals surface area contributed by atoms with Crippen molar-refractivity contribution < 1.29 is 14.3 Å². The molecule has 2 aliphatic heterocycles. The zero-order valence-corrected chi connectivity index (χ0v) is 16.8. The van der Waals surface area contributed by atoms with E-state index >= 15 is 0 Å². The van der Waals surface area contributed by atoms with Crippen molar-refractivity contribution in [3.8, 4) is 5.75 Å². The summed E-state index contributed by atoms with van der Waals surface area (Å²) in [5.41, 5.74) is 1.76. The Morgan fingerprint density at radius 1 is 1.18 bits per heavy atom. The standard InChI is InChI=1S/C22H24N2O3S/c1-28-20-8-3-2-7-17(20)21(25)23-15-9-10-19-18(14-15)22(26)24-12-5-4-6-16(24)11-13-27-19/h2-3,7-10,14,16H,4-6,11-13H2,1H3,(H,23,25)/t16-/m1/s1. The first-order valence-corrected chi connectivity index (χ1v) is 10.9. The lowest BCUT2D eigenvalue weighted by atomic mass is 9.97. The molecule has 0 aliphatic carbocycles. The van der Waals surface area contributed by atoms with Gasteiger partial charge in [0.2, 0.25) is 0 Å². The minimum absolute atomic E-state index is 0.0000119. The SMILES string of the molecule is CSc1ccccc1C(=O)Nc1ccc2c(c1)C(=O)N1CCCC[C@@H]1CCO2. The molecule has 5 nitrogen and oxygen atoms in total. The van der Waals surface area contributed by atoms with Crippen molar-refractivity contribution in [1.29, 1.82) is 0 Å².